The zero-order valence-corrected chi connectivity index (χ0v) is 11.3. The van der Waals surface area contributed by atoms with Crippen molar-refractivity contribution in [2.24, 2.45) is 0 Å². The van der Waals surface area contributed by atoms with Crippen LogP contribution in [-0.4, -0.2) is 26.6 Å². The van der Waals surface area contributed by atoms with Gasteiger partial charge in [0, 0.05) is 19.5 Å². The van der Waals surface area contributed by atoms with Gasteiger partial charge in [0.1, 0.15) is 5.75 Å². The van der Waals surface area contributed by atoms with Gasteiger partial charge in [-0.2, -0.15) is 0 Å². The predicted octanol–water partition coefficient (Wildman–Crippen LogP) is 1.87. The summed E-state index contributed by atoms with van der Waals surface area (Å²) in [5, 5.41) is 6.01. The number of benzene rings is 1. The van der Waals surface area contributed by atoms with Crippen molar-refractivity contribution in [3.05, 3.63) is 29.8 Å². The summed E-state index contributed by atoms with van der Waals surface area (Å²) >= 11 is 0. The molecule has 0 saturated carbocycles. The van der Waals surface area contributed by atoms with E-state index in [-0.39, 0.29) is 11.9 Å². The number of methoxy groups -OCH3 is 1. The van der Waals surface area contributed by atoms with Gasteiger partial charge in [-0.15, -0.1) is 0 Å². The molecule has 1 rings (SSSR count). The van der Waals surface area contributed by atoms with E-state index in [1.54, 1.807) is 14.2 Å². The number of nitrogens with one attached hydrogen (secondary N) is 2. The molecule has 0 radical (unpaired) electrons. The highest BCUT2D eigenvalue weighted by Crippen LogP contribution is 2.17. The lowest BCUT2D eigenvalue weighted by atomic mass is 10.1. The molecule has 0 aliphatic rings. The van der Waals surface area contributed by atoms with Crippen LogP contribution in [-0.2, 0) is 4.79 Å². The van der Waals surface area contributed by atoms with E-state index in [0.29, 0.717) is 6.42 Å². The van der Waals surface area contributed by atoms with E-state index in [4.69, 9.17) is 4.74 Å². The van der Waals surface area contributed by atoms with E-state index in [2.05, 4.69) is 29.7 Å². The highest BCUT2D eigenvalue weighted by molar-refractivity contribution is 5.75. The third-order valence-corrected chi connectivity index (χ3v) is 2.93. The second-order valence-corrected chi connectivity index (χ2v) is 4.23. The molecule has 0 fully saturated rings. The molecule has 100 valence electrons. The van der Waals surface area contributed by atoms with Crippen LogP contribution in [0.25, 0.3) is 0 Å². The Balaban J connectivity index is 2.31. The van der Waals surface area contributed by atoms with Gasteiger partial charge in [-0.3, -0.25) is 4.79 Å². The molecule has 18 heavy (non-hydrogen) atoms. The zero-order chi connectivity index (χ0) is 13.4. The fraction of sp³-hybridized carbons (Fsp3) is 0.500. The van der Waals surface area contributed by atoms with Crippen LogP contribution >= 0.6 is 0 Å². The summed E-state index contributed by atoms with van der Waals surface area (Å²) in [6, 6.07) is 8.29. The molecule has 1 atom stereocenters. The Morgan fingerprint density at radius 1 is 1.33 bits per heavy atom. The second-order valence-electron chi connectivity index (χ2n) is 4.23. The quantitative estimate of drug-likeness (QED) is 0.726. The molecule has 0 spiro atoms. The summed E-state index contributed by atoms with van der Waals surface area (Å²) < 4.78 is 5.12. The second kappa shape index (κ2) is 7.71. The predicted molar refractivity (Wildman–Crippen MR) is 72.7 cm³/mol. The number of carbonyl (C=O) groups excluding carboxylic acids is 1. The minimum Gasteiger partial charge on any atom is -0.497 e. The van der Waals surface area contributed by atoms with Crippen LogP contribution in [0.1, 0.15) is 31.4 Å². The number of hydrogen-bond donors (Lipinski definition) is 2. The molecule has 1 aromatic rings. The number of ether oxygens (including phenoxy) is 1. The number of carbonyl (C=O) groups is 1. The molecule has 1 amide bonds. The van der Waals surface area contributed by atoms with Crippen molar-refractivity contribution in [2.75, 3.05) is 20.7 Å². The van der Waals surface area contributed by atoms with E-state index in [1.807, 2.05) is 12.1 Å². The maximum absolute atomic E-state index is 11.0. The van der Waals surface area contributed by atoms with Crippen molar-refractivity contribution in [3.63, 3.8) is 0 Å². The summed E-state index contributed by atoms with van der Waals surface area (Å²) in [6.07, 6.45) is 1.42. The van der Waals surface area contributed by atoms with Crippen molar-refractivity contribution in [2.45, 2.75) is 25.8 Å². The lowest BCUT2D eigenvalue weighted by molar-refractivity contribution is -0.120. The topological polar surface area (TPSA) is 50.4 Å². The summed E-state index contributed by atoms with van der Waals surface area (Å²) in [6.45, 7) is 2.95. The van der Waals surface area contributed by atoms with Crippen LogP contribution in [0.4, 0.5) is 0 Å². The number of hydrogen-bond acceptors (Lipinski definition) is 3. The maximum Gasteiger partial charge on any atom is 0.219 e. The minimum absolute atomic E-state index is 0.0916. The lowest BCUT2D eigenvalue weighted by Crippen LogP contribution is -2.23. The van der Waals surface area contributed by atoms with Crippen LogP contribution in [0, 0.1) is 0 Å². The monoisotopic (exact) mass is 250 g/mol. The van der Waals surface area contributed by atoms with Crippen molar-refractivity contribution in [3.8, 4) is 5.75 Å². The van der Waals surface area contributed by atoms with Gasteiger partial charge in [0.15, 0.2) is 0 Å². The molecule has 4 heteroatoms. The van der Waals surface area contributed by atoms with Gasteiger partial charge >= 0.3 is 0 Å². The molecule has 2 N–H and O–H groups in total. The molecule has 0 aliphatic heterocycles. The van der Waals surface area contributed by atoms with Gasteiger partial charge in [0.2, 0.25) is 5.91 Å². The fourth-order valence-corrected chi connectivity index (χ4v) is 1.70. The summed E-state index contributed by atoms with van der Waals surface area (Å²) in [7, 11) is 3.32. The summed E-state index contributed by atoms with van der Waals surface area (Å²) in [5.74, 6) is 0.958. The first-order chi connectivity index (χ1) is 8.67. The first-order valence-electron chi connectivity index (χ1n) is 6.25. The van der Waals surface area contributed by atoms with Crippen LogP contribution in [0.15, 0.2) is 24.3 Å². The van der Waals surface area contributed by atoms with Gasteiger partial charge < -0.3 is 15.4 Å². The zero-order valence-electron chi connectivity index (χ0n) is 11.3. The van der Waals surface area contributed by atoms with Crippen LogP contribution in [0.2, 0.25) is 0 Å². The Hall–Kier alpha value is -1.55. The van der Waals surface area contributed by atoms with E-state index in [0.717, 1.165) is 18.7 Å². The molecular formula is C14H22N2O2. The molecule has 0 saturated heterocycles. The first-order valence-corrected chi connectivity index (χ1v) is 6.25. The van der Waals surface area contributed by atoms with Gasteiger partial charge in [-0.25, -0.2) is 0 Å². The molecule has 1 aromatic carbocycles. The Labute approximate surface area is 109 Å². The Bertz CT molecular complexity index is 363. The molecular weight excluding hydrogens is 228 g/mol. The Morgan fingerprint density at radius 3 is 2.56 bits per heavy atom. The summed E-state index contributed by atoms with van der Waals surface area (Å²) in [4.78, 5) is 11.0. The molecule has 1 unspecified atom stereocenters. The third kappa shape index (κ3) is 4.75. The molecule has 0 aliphatic carbocycles. The van der Waals surface area contributed by atoms with Crippen molar-refractivity contribution in [1.29, 1.82) is 0 Å². The van der Waals surface area contributed by atoms with Crippen molar-refractivity contribution in [1.82, 2.24) is 10.6 Å². The minimum atomic E-state index is 0.0916. The van der Waals surface area contributed by atoms with Gasteiger partial charge in [-0.05, 0) is 37.6 Å². The smallest absolute Gasteiger partial charge is 0.219 e. The highest BCUT2D eigenvalue weighted by atomic mass is 16.5. The Morgan fingerprint density at radius 2 is 2.00 bits per heavy atom. The van der Waals surface area contributed by atoms with Crippen LogP contribution < -0.4 is 15.4 Å². The van der Waals surface area contributed by atoms with Crippen molar-refractivity contribution < 1.29 is 9.53 Å². The average Bonchev–Trinajstić information content (AvgIpc) is 2.43. The molecule has 0 aromatic heterocycles. The van der Waals surface area contributed by atoms with Crippen LogP contribution in [0.3, 0.4) is 0 Å². The van der Waals surface area contributed by atoms with Gasteiger partial charge in [0.25, 0.3) is 0 Å². The molecule has 4 nitrogen and oxygen atoms in total. The number of rotatable bonds is 7. The lowest BCUT2D eigenvalue weighted by Gasteiger charge is -2.14. The van der Waals surface area contributed by atoms with E-state index in [9.17, 15) is 4.79 Å². The maximum atomic E-state index is 11.0. The first kappa shape index (κ1) is 14.5. The Kier molecular flexibility index (Phi) is 6.22. The fourth-order valence-electron chi connectivity index (χ4n) is 1.70. The molecule has 0 heterocycles. The van der Waals surface area contributed by atoms with Crippen LogP contribution in [0.5, 0.6) is 5.75 Å². The van der Waals surface area contributed by atoms with E-state index >= 15 is 0 Å². The van der Waals surface area contributed by atoms with Gasteiger partial charge in [0.05, 0.1) is 7.11 Å². The van der Waals surface area contributed by atoms with E-state index < -0.39 is 0 Å². The largest absolute Gasteiger partial charge is 0.497 e. The normalized spacial score (nSPS) is 11.9. The molecule has 0 bridgehead atoms. The average molecular weight is 250 g/mol. The standard InChI is InChI=1S/C14H22N2O2/c1-11(16-10-4-5-14(17)15-2)12-6-8-13(18-3)9-7-12/h6-9,11,16H,4-5,10H2,1-3H3,(H,15,17). The summed E-state index contributed by atoms with van der Waals surface area (Å²) in [5.41, 5.74) is 1.22. The number of amides is 1. The SMILES string of the molecule is CNC(=O)CCCNC(C)c1ccc(OC)cc1. The van der Waals surface area contributed by atoms with E-state index in [1.165, 1.54) is 5.56 Å². The highest BCUT2D eigenvalue weighted by Gasteiger charge is 2.05. The van der Waals surface area contributed by atoms with Crippen molar-refractivity contribution >= 4 is 5.91 Å². The third-order valence-electron chi connectivity index (χ3n) is 2.93. The van der Waals surface area contributed by atoms with Gasteiger partial charge in [-0.1, -0.05) is 12.1 Å².